The van der Waals surface area contributed by atoms with E-state index in [4.69, 9.17) is 14.2 Å². The van der Waals surface area contributed by atoms with Crippen molar-refractivity contribution in [2.45, 2.75) is 83.0 Å². The van der Waals surface area contributed by atoms with E-state index in [1.165, 1.54) is 26.0 Å². The number of hydrogen-bond acceptors (Lipinski definition) is 8. The quantitative estimate of drug-likeness (QED) is 0.518. The van der Waals surface area contributed by atoms with E-state index >= 15 is 0 Å². The summed E-state index contributed by atoms with van der Waals surface area (Å²) >= 11 is 0. The van der Waals surface area contributed by atoms with Crippen molar-refractivity contribution in [3.05, 3.63) is 24.0 Å². The fourth-order valence-corrected chi connectivity index (χ4v) is 4.50. The molecule has 1 aliphatic carbocycles. The van der Waals surface area contributed by atoms with E-state index in [1.54, 1.807) is 12.1 Å². The Bertz CT molecular complexity index is 902. The van der Waals surface area contributed by atoms with Crippen LogP contribution in [0.25, 0.3) is 0 Å². The number of rotatable bonds is 9. The van der Waals surface area contributed by atoms with Gasteiger partial charge in [0.15, 0.2) is 11.6 Å². The molecule has 0 radical (unpaired) electrons. The Morgan fingerprint density at radius 3 is 2.52 bits per heavy atom. The van der Waals surface area contributed by atoms with E-state index in [0.29, 0.717) is 5.69 Å². The average Bonchev–Trinajstić information content (AvgIpc) is 3.22. The van der Waals surface area contributed by atoms with E-state index < -0.39 is 5.82 Å². The van der Waals surface area contributed by atoms with E-state index in [2.05, 4.69) is 32.5 Å². The van der Waals surface area contributed by atoms with Crippen LogP contribution in [0.4, 0.5) is 16.0 Å². The van der Waals surface area contributed by atoms with Crippen molar-refractivity contribution >= 4 is 11.6 Å². The second kappa shape index (κ2) is 11.4. The van der Waals surface area contributed by atoms with Crippen LogP contribution in [0.3, 0.4) is 0 Å². The molecular weight excluding hydrogens is 425 g/mol. The van der Waals surface area contributed by atoms with Gasteiger partial charge in [-0.15, -0.1) is 4.98 Å². The molecule has 1 aromatic carbocycles. The highest BCUT2D eigenvalue weighted by Crippen LogP contribution is 2.26. The number of halogens is 1. The largest absolute Gasteiger partial charge is 0.494 e. The normalized spacial score (nSPS) is 20.2. The highest BCUT2D eigenvalue weighted by atomic mass is 19.1. The zero-order chi connectivity index (χ0) is 23.0. The first-order valence-corrected chi connectivity index (χ1v) is 12.1. The Balaban J connectivity index is 1.56. The average molecular weight is 460 g/mol. The van der Waals surface area contributed by atoms with Crippen molar-refractivity contribution in [1.29, 1.82) is 0 Å². The number of benzene rings is 1. The monoisotopic (exact) mass is 459 g/mol. The molecule has 0 amide bonds. The lowest BCUT2D eigenvalue weighted by Gasteiger charge is -2.23. The minimum atomic E-state index is -0.471. The van der Waals surface area contributed by atoms with Gasteiger partial charge < -0.3 is 24.8 Å². The molecule has 33 heavy (non-hydrogen) atoms. The lowest BCUT2D eigenvalue weighted by molar-refractivity contribution is 0.133. The van der Waals surface area contributed by atoms with Crippen LogP contribution in [-0.2, 0) is 0 Å². The summed E-state index contributed by atoms with van der Waals surface area (Å²) in [6.45, 7) is 3.09. The van der Waals surface area contributed by atoms with Crippen LogP contribution in [0.1, 0.15) is 64.7 Å². The molecule has 0 spiro atoms. The van der Waals surface area contributed by atoms with Gasteiger partial charge in [-0.3, -0.25) is 0 Å². The lowest BCUT2D eigenvalue weighted by Crippen LogP contribution is -2.38. The second-order valence-electron chi connectivity index (χ2n) is 8.70. The van der Waals surface area contributed by atoms with Crippen molar-refractivity contribution < 1.29 is 18.6 Å². The fraction of sp³-hybridized carbons (Fsp3) is 0.625. The Morgan fingerprint density at radius 1 is 1.06 bits per heavy atom. The SMILES string of the molecule is CCC(Oc1nc(Nc2ccc(OC)c(F)c2)nc(OC2CCCCCC2)n1)C1CCCN1. The van der Waals surface area contributed by atoms with Crippen LogP contribution in [0.2, 0.25) is 0 Å². The molecule has 2 atom stereocenters. The number of ether oxygens (including phenoxy) is 3. The molecule has 8 nitrogen and oxygen atoms in total. The minimum Gasteiger partial charge on any atom is -0.494 e. The first-order valence-electron chi connectivity index (χ1n) is 12.1. The second-order valence-corrected chi connectivity index (χ2v) is 8.70. The summed E-state index contributed by atoms with van der Waals surface area (Å²) in [5.74, 6) is -0.0452. The van der Waals surface area contributed by atoms with Crippen molar-refractivity contribution in [2.24, 2.45) is 0 Å². The Hall–Kier alpha value is -2.68. The molecule has 180 valence electrons. The van der Waals surface area contributed by atoms with Gasteiger partial charge in [-0.25, -0.2) is 4.39 Å². The maximum atomic E-state index is 14.2. The van der Waals surface area contributed by atoms with Crippen molar-refractivity contribution in [2.75, 3.05) is 19.0 Å². The number of nitrogens with zero attached hydrogens (tertiary/aromatic N) is 3. The predicted molar refractivity (Wildman–Crippen MR) is 124 cm³/mol. The first kappa shape index (κ1) is 23.5. The van der Waals surface area contributed by atoms with Gasteiger partial charge in [0.1, 0.15) is 12.2 Å². The molecule has 2 aliphatic rings. The van der Waals surface area contributed by atoms with Crippen LogP contribution < -0.4 is 24.8 Å². The molecular formula is C24H34FN5O3. The zero-order valence-electron chi connectivity index (χ0n) is 19.5. The number of nitrogens with one attached hydrogen (secondary N) is 2. The summed E-state index contributed by atoms with van der Waals surface area (Å²) in [6.07, 6.45) is 9.76. The van der Waals surface area contributed by atoms with Gasteiger partial charge in [-0.1, -0.05) is 19.8 Å². The molecule has 2 N–H and O–H groups in total. The number of aromatic nitrogens is 3. The molecule has 2 aromatic rings. The maximum Gasteiger partial charge on any atom is 0.324 e. The Labute approximate surface area is 194 Å². The molecule has 2 unspecified atom stereocenters. The number of hydrogen-bond donors (Lipinski definition) is 2. The molecule has 9 heteroatoms. The summed E-state index contributed by atoms with van der Waals surface area (Å²) in [6, 6.07) is 5.31. The molecule has 4 rings (SSSR count). The highest BCUT2D eigenvalue weighted by molar-refractivity contribution is 5.55. The minimum absolute atomic E-state index is 0.0492. The van der Waals surface area contributed by atoms with Gasteiger partial charge in [0.2, 0.25) is 5.95 Å². The molecule has 1 aliphatic heterocycles. The standard InChI is InChI=1S/C24H34FN5O3/c1-3-20(19-11-8-14-26-19)33-24-29-22(27-16-12-13-21(31-2)18(25)15-16)28-23(30-24)32-17-9-6-4-5-7-10-17/h12-13,15,17,19-20,26H,3-11,14H2,1-2H3,(H,27,28,29,30). The summed E-state index contributed by atoms with van der Waals surface area (Å²) in [5, 5.41) is 6.54. The van der Waals surface area contributed by atoms with Crippen molar-refractivity contribution in [3.8, 4) is 17.8 Å². The van der Waals surface area contributed by atoms with Gasteiger partial charge in [-0.2, -0.15) is 9.97 Å². The van der Waals surface area contributed by atoms with Crippen LogP contribution in [-0.4, -0.2) is 46.9 Å². The van der Waals surface area contributed by atoms with Crippen LogP contribution in [0.15, 0.2) is 18.2 Å². The van der Waals surface area contributed by atoms with E-state index in [-0.39, 0.29) is 42.0 Å². The number of anilines is 2. The third-order valence-corrected chi connectivity index (χ3v) is 6.28. The van der Waals surface area contributed by atoms with Gasteiger partial charge >= 0.3 is 12.0 Å². The van der Waals surface area contributed by atoms with E-state index in [0.717, 1.165) is 51.5 Å². The summed E-state index contributed by atoms with van der Waals surface area (Å²) in [4.78, 5) is 13.4. The highest BCUT2D eigenvalue weighted by Gasteiger charge is 2.26. The van der Waals surface area contributed by atoms with Crippen LogP contribution in [0.5, 0.6) is 17.8 Å². The number of methoxy groups -OCH3 is 1. The Morgan fingerprint density at radius 2 is 1.85 bits per heavy atom. The lowest BCUT2D eigenvalue weighted by atomic mass is 10.1. The third kappa shape index (κ3) is 6.43. The van der Waals surface area contributed by atoms with Crippen molar-refractivity contribution in [1.82, 2.24) is 20.3 Å². The summed E-state index contributed by atoms with van der Waals surface area (Å²) in [5.41, 5.74) is 0.496. The Kier molecular flexibility index (Phi) is 8.15. The van der Waals surface area contributed by atoms with Crippen molar-refractivity contribution in [3.63, 3.8) is 0 Å². The molecule has 0 bridgehead atoms. The smallest absolute Gasteiger partial charge is 0.324 e. The molecule has 2 heterocycles. The van der Waals surface area contributed by atoms with Crippen LogP contribution >= 0.6 is 0 Å². The molecule has 1 saturated carbocycles. The summed E-state index contributed by atoms with van der Waals surface area (Å²) in [7, 11) is 1.43. The van der Waals surface area contributed by atoms with Crippen LogP contribution in [0, 0.1) is 5.82 Å². The predicted octanol–water partition coefficient (Wildman–Crippen LogP) is 4.77. The van der Waals surface area contributed by atoms with E-state index in [1.807, 2.05) is 0 Å². The topological polar surface area (TPSA) is 90.4 Å². The maximum absolute atomic E-state index is 14.2. The summed E-state index contributed by atoms with van der Waals surface area (Å²) < 4.78 is 31.5. The first-order chi connectivity index (χ1) is 16.1. The zero-order valence-corrected chi connectivity index (χ0v) is 19.5. The van der Waals surface area contributed by atoms with Gasteiger partial charge in [0.25, 0.3) is 0 Å². The molecule has 1 aromatic heterocycles. The fourth-order valence-electron chi connectivity index (χ4n) is 4.50. The van der Waals surface area contributed by atoms with E-state index in [9.17, 15) is 4.39 Å². The molecule has 2 fully saturated rings. The van der Waals surface area contributed by atoms with Gasteiger partial charge in [0.05, 0.1) is 7.11 Å². The van der Waals surface area contributed by atoms with Gasteiger partial charge in [0, 0.05) is 17.8 Å². The van der Waals surface area contributed by atoms with Gasteiger partial charge in [-0.05, 0) is 63.6 Å². The molecule has 1 saturated heterocycles. The third-order valence-electron chi connectivity index (χ3n) is 6.28.